The van der Waals surface area contributed by atoms with E-state index in [1.165, 1.54) is 24.8 Å². The van der Waals surface area contributed by atoms with E-state index in [4.69, 9.17) is 4.74 Å². The van der Waals surface area contributed by atoms with Gasteiger partial charge in [0.25, 0.3) is 0 Å². The summed E-state index contributed by atoms with van der Waals surface area (Å²) in [5.74, 6) is 1.63. The molecule has 1 saturated heterocycles. The number of rotatable bonds is 7. The summed E-state index contributed by atoms with van der Waals surface area (Å²) in [5, 5.41) is 10.3. The van der Waals surface area contributed by atoms with E-state index in [9.17, 15) is 5.11 Å². The molecule has 0 spiro atoms. The lowest BCUT2D eigenvalue weighted by molar-refractivity contribution is 0.0549. The van der Waals surface area contributed by atoms with Crippen molar-refractivity contribution in [3.05, 3.63) is 65.7 Å². The summed E-state index contributed by atoms with van der Waals surface area (Å²) in [7, 11) is 0. The molecule has 25 heavy (non-hydrogen) atoms. The number of nitrogens with zero attached hydrogens (tertiary/aromatic N) is 1. The molecule has 3 nitrogen and oxygen atoms in total. The van der Waals surface area contributed by atoms with E-state index < -0.39 is 6.10 Å². The van der Waals surface area contributed by atoms with Gasteiger partial charge in [0.05, 0.1) is 0 Å². The minimum atomic E-state index is -0.440. The van der Waals surface area contributed by atoms with Gasteiger partial charge in [-0.05, 0) is 62.4 Å². The first-order chi connectivity index (χ1) is 12.2. The largest absolute Gasteiger partial charge is 0.491 e. The first kappa shape index (κ1) is 18.0. The summed E-state index contributed by atoms with van der Waals surface area (Å²) in [6.45, 7) is 5.22. The Morgan fingerprint density at radius 1 is 1.04 bits per heavy atom. The van der Waals surface area contributed by atoms with Gasteiger partial charge >= 0.3 is 0 Å². The smallest absolute Gasteiger partial charge is 0.122 e. The number of para-hydroxylation sites is 1. The molecule has 1 N–H and O–H groups in total. The number of benzene rings is 2. The molecule has 0 aliphatic carbocycles. The van der Waals surface area contributed by atoms with Crippen molar-refractivity contribution in [3.8, 4) is 5.75 Å². The van der Waals surface area contributed by atoms with Crippen molar-refractivity contribution in [3.63, 3.8) is 0 Å². The molecule has 1 aliphatic rings. The SMILES string of the molecule is Cc1ccccc1OC[C@@H](O)CN1CCC(Cc2ccccc2)CC1. The minimum absolute atomic E-state index is 0.356. The molecule has 2 aromatic carbocycles. The van der Waals surface area contributed by atoms with E-state index >= 15 is 0 Å². The molecule has 0 saturated carbocycles. The first-order valence-corrected chi connectivity index (χ1v) is 9.33. The fraction of sp³-hybridized carbons (Fsp3) is 0.455. The van der Waals surface area contributed by atoms with Crippen molar-refractivity contribution in [1.82, 2.24) is 4.90 Å². The lowest BCUT2D eigenvalue weighted by atomic mass is 9.90. The van der Waals surface area contributed by atoms with Gasteiger partial charge in [-0.2, -0.15) is 0 Å². The van der Waals surface area contributed by atoms with E-state index in [0.717, 1.165) is 30.3 Å². The van der Waals surface area contributed by atoms with Crippen molar-refractivity contribution in [2.24, 2.45) is 5.92 Å². The molecule has 0 amide bonds. The van der Waals surface area contributed by atoms with E-state index in [1.54, 1.807) is 0 Å². The van der Waals surface area contributed by atoms with E-state index in [0.29, 0.717) is 13.2 Å². The predicted octanol–water partition coefficient (Wildman–Crippen LogP) is 3.69. The van der Waals surface area contributed by atoms with Crippen LogP contribution in [-0.2, 0) is 6.42 Å². The Hall–Kier alpha value is -1.84. The molecule has 0 bridgehead atoms. The predicted molar refractivity (Wildman–Crippen MR) is 102 cm³/mol. The maximum Gasteiger partial charge on any atom is 0.122 e. The van der Waals surface area contributed by atoms with Crippen LogP contribution in [0.3, 0.4) is 0 Å². The monoisotopic (exact) mass is 339 g/mol. The average Bonchev–Trinajstić information content (AvgIpc) is 2.64. The quantitative estimate of drug-likeness (QED) is 0.835. The Balaban J connectivity index is 1.37. The number of likely N-dealkylation sites (tertiary alicyclic amines) is 1. The van der Waals surface area contributed by atoms with Crippen LogP contribution in [0.4, 0.5) is 0 Å². The summed E-state index contributed by atoms with van der Waals surface area (Å²) in [6.07, 6.45) is 3.15. The second-order valence-corrected chi connectivity index (χ2v) is 7.16. The van der Waals surface area contributed by atoms with Crippen molar-refractivity contribution in [1.29, 1.82) is 0 Å². The number of aliphatic hydroxyl groups is 1. The highest BCUT2D eigenvalue weighted by Crippen LogP contribution is 2.22. The summed E-state index contributed by atoms with van der Waals surface area (Å²) in [4.78, 5) is 2.37. The third kappa shape index (κ3) is 5.58. The molecule has 2 aromatic rings. The molecule has 0 aromatic heterocycles. The van der Waals surface area contributed by atoms with Gasteiger partial charge in [-0.25, -0.2) is 0 Å². The maximum absolute atomic E-state index is 10.3. The van der Waals surface area contributed by atoms with Crippen LogP contribution in [0.2, 0.25) is 0 Å². The lowest BCUT2D eigenvalue weighted by Gasteiger charge is -2.33. The zero-order valence-corrected chi connectivity index (χ0v) is 15.1. The van der Waals surface area contributed by atoms with Gasteiger partial charge in [0, 0.05) is 6.54 Å². The molecule has 1 aliphatic heterocycles. The van der Waals surface area contributed by atoms with Crippen LogP contribution in [0.5, 0.6) is 5.75 Å². The number of β-amino-alcohol motifs (C(OH)–C–C–N with tert-alkyl or cyclic N) is 1. The highest BCUT2D eigenvalue weighted by Gasteiger charge is 2.21. The van der Waals surface area contributed by atoms with Crippen LogP contribution in [-0.4, -0.2) is 42.4 Å². The summed E-state index contributed by atoms with van der Waals surface area (Å²) in [6, 6.07) is 18.7. The van der Waals surface area contributed by atoms with Gasteiger partial charge in [0.1, 0.15) is 18.5 Å². The van der Waals surface area contributed by atoms with Crippen molar-refractivity contribution in [2.75, 3.05) is 26.2 Å². The number of aliphatic hydroxyl groups excluding tert-OH is 1. The summed E-state index contributed by atoms with van der Waals surface area (Å²) >= 11 is 0. The molecule has 134 valence electrons. The fourth-order valence-corrected chi connectivity index (χ4v) is 3.58. The second kappa shape index (κ2) is 9.02. The molecule has 3 rings (SSSR count). The minimum Gasteiger partial charge on any atom is -0.491 e. The number of ether oxygens (including phenoxy) is 1. The van der Waals surface area contributed by atoms with Crippen LogP contribution in [0.1, 0.15) is 24.0 Å². The van der Waals surface area contributed by atoms with E-state index in [1.807, 2.05) is 31.2 Å². The van der Waals surface area contributed by atoms with Gasteiger partial charge in [-0.3, -0.25) is 0 Å². The highest BCUT2D eigenvalue weighted by molar-refractivity contribution is 5.31. The Morgan fingerprint density at radius 3 is 2.44 bits per heavy atom. The summed E-state index contributed by atoms with van der Waals surface area (Å²) < 4.78 is 5.76. The van der Waals surface area contributed by atoms with Crippen LogP contribution >= 0.6 is 0 Å². The Kier molecular flexibility index (Phi) is 6.48. The number of hydrogen-bond acceptors (Lipinski definition) is 3. The van der Waals surface area contributed by atoms with Crippen LogP contribution in [0.25, 0.3) is 0 Å². The molecule has 0 unspecified atom stereocenters. The Morgan fingerprint density at radius 2 is 1.72 bits per heavy atom. The van der Waals surface area contributed by atoms with Crippen molar-refractivity contribution < 1.29 is 9.84 Å². The fourth-order valence-electron chi connectivity index (χ4n) is 3.58. The van der Waals surface area contributed by atoms with E-state index in [-0.39, 0.29) is 0 Å². The first-order valence-electron chi connectivity index (χ1n) is 9.33. The van der Waals surface area contributed by atoms with Gasteiger partial charge in [-0.1, -0.05) is 48.5 Å². The molecule has 1 fully saturated rings. The zero-order chi connectivity index (χ0) is 17.5. The third-order valence-corrected chi connectivity index (χ3v) is 5.07. The molecule has 3 heteroatoms. The number of piperidine rings is 1. The van der Waals surface area contributed by atoms with Gasteiger partial charge in [0.2, 0.25) is 0 Å². The molecular weight excluding hydrogens is 310 g/mol. The molecule has 1 atom stereocenters. The van der Waals surface area contributed by atoms with Gasteiger partial charge in [0.15, 0.2) is 0 Å². The van der Waals surface area contributed by atoms with Crippen molar-refractivity contribution in [2.45, 2.75) is 32.3 Å². The Labute approximate surface area is 151 Å². The highest BCUT2D eigenvalue weighted by atomic mass is 16.5. The topological polar surface area (TPSA) is 32.7 Å². The third-order valence-electron chi connectivity index (χ3n) is 5.07. The maximum atomic E-state index is 10.3. The second-order valence-electron chi connectivity index (χ2n) is 7.16. The van der Waals surface area contributed by atoms with Gasteiger partial charge in [-0.15, -0.1) is 0 Å². The zero-order valence-electron chi connectivity index (χ0n) is 15.1. The summed E-state index contributed by atoms with van der Waals surface area (Å²) in [5.41, 5.74) is 2.55. The average molecular weight is 339 g/mol. The lowest BCUT2D eigenvalue weighted by Crippen LogP contribution is -2.41. The molecular formula is C22H29NO2. The van der Waals surface area contributed by atoms with Crippen molar-refractivity contribution >= 4 is 0 Å². The molecule has 1 heterocycles. The standard InChI is InChI=1S/C22H29NO2/c1-18-7-5-6-10-22(18)25-17-21(24)16-23-13-11-20(12-14-23)15-19-8-3-2-4-9-19/h2-10,20-21,24H,11-17H2,1H3/t21-/m0/s1. The Bertz CT molecular complexity index is 635. The normalized spacial score (nSPS) is 17.4. The van der Waals surface area contributed by atoms with E-state index in [2.05, 4.69) is 35.2 Å². The van der Waals surface area contributed by atoms with Crippen LogP contribution < -0.4 is 4.74 Å². The van der Waals surface area contributed by atoms with Gasteiger partial charge < -0.3 is 14.7 Å². The number of aryl methyl sites for hydroxylation is 1. The molecule has 0 radical (unpaired) electrons. The number of hydrogen-bond donors (Lipinski definition) is 1. The van der Waals surface area contributed by atoms with Crippen LogP contribution in [0.15, 0.2) is 54.6 Å². The van der Waals surface area contributed by atoms with Crippen LogP contribution in [0, 0.1) is 12.8 Å².